The first-order valence-corrected chi connectivity index (χ1v) is 10.9. The van der Waals surface area contributed by atoms with E-state index in [9.17, 15) is 9.59 Å². The molecule has 1 aliphatic heterocycles. The van der Waals surface area contributed by atoms with Crippen LogP contribution in [0.25, 0.3) is 5.69 Å². The minimum absolute atomic E-state index is 0.122. The second kappa shape index (κ2) is 9.84. The highest BCUT2D eigenvalue weighted by Crippen LogP contribution is 2.31. The highest BCUT2D eigenvalue weighted by molar-refractivity contribution is 6.32. The zero-order valence-corrected chi connectivity index (χ0v) is 18.5. The first-order valence-electron chi connectivity index (χ1n) is 10.5. The average molecular weight is 453 g/mol. The largest absolute Gasteiger partial charge is 0.371 e. The molecule has 1 fully saturated rings. The fraction of sp³-hybridized carbons (Fsp3) is 0.261. The van der Waals surface area contributed by atoms with Crippen LogP contribution in [0.5, 0.6) is 0 Å². The number of benzene rings is 2. The van der Waals surface area contributed by atoms with E-state index in [0.29, 0.717) is 33.7 Å². The van der Waals surface area contributed by atoms with Gasteiger partial charge < -0.3 is 20.9 Å². The number of aromatic nitrogens is 2. The van der Waals surface area contributed by atoms with Gasteiger partial charge in [-0.2, -0.15) is 4.98 Å². The van der Waals surface area contributed by atoms with E-state index < -0.39 is 5.91 Å². The van der Waals surface area contributed by atoms with E-state index >= 15 is 0 Å². The monoisotopic (exact) mass is 452 g/mol. The summed E-state index contributed by atoms with van der Waals surface area (Å²) in [6.45, 7) is 3.01. The van der Waals surface area contributed by atoms with Crippen molar-refractivity contribution in [1.29, 1.82) is 0 Å². The third-order valence-corrected chi connectivity index (χ3v) is 5.63. The fourth-order valence-electron chi connectivity index (χ4n) is 3.70. The summed E-state index contributed by atoms with van der Waals surface area (Å²) in [7, 11) is 1.71. The molecule has 2 aromatic carbocycles. The number of nitrogens with zero attached hydrogens (tertiary/aromatic N) is 3. The fourth-order valence-corrected chi connectivity index (χ4v) is 3.92. The highest BCUT2D eigenvalue weighted by atomic mass is 35.5. The van der Waals surface area contributed by atoms with Gasteiger partial charge in [-0.1, -0.05) is 54.1 Å². The first kappa shape index (κ1) is 21.9. The van der Waals surface area contributed by atoms with Crippen molar-refractivity contribution in [2.75, 3.05) is 50.0 Å². The lowest BCUT2D eigenvalue weighted by molar-refractivity contribution is 0.0900. The Morgan fingerprint density at radius 1 is 1.06 bits per heavy atom. The molecule has 3 aromatic rings. The number of carbonyl (C=O) groups is 2. The van der Waals surface area contributed by atoms with E-state index in [2.05, 4.69) is 20.9 Å². The van der Waals surface area contributed by atoms with Gasteiger partial charge in [0.2, 0.25) is 5.95 Å². The van der Waals surface area contributed by atoms with E-state index in [1.165, 1.54) is 0 Å². The van der Waals surface area contributed by atoms with E-state index in [1.54, 1.807) is 41.9 Å². The molecular formula is C23H25ClN6O2. The molecule has 0 atom stereocenters. The predicted octanol–water partition coefficient (Wildman–Crippen LogP) is 2.59. The lowest BCUT2D eigenvalue weighted by atomic mass is 10.1. The second-order valence-electron chi connectivity index (χ2n) is 7.35. The molecule has 3 N–H and O–H groups in total. The van der Waals surface area contributed by atoms with E-state index in [4.69, 9.17) is 16.6 Å². The van der Waals surface area contributed by atoms with Crippen LogP contribution < -0.4 is 20.9 Å². The first-order chi connectivity index (χ1) is 15.6. The Balaban J connectivity index is 1.71. The van der Waals surface area contributed by atoms with Crippen molar-refractivity contribution < 1.29 is 9.59 Å². The van der Waals surface area contributed by atoms with Gasteiger partial charge in [0, 0.05) is 38.8 Å². The lowest BCUT2D eigenvalue weighted by Crippen LogP contribution is -2.44. The molecule has 32 heavy (non-hydrogen) atoms. The van der Waals surface area contributed by atoms with Crippen LogP contribution in [0, 0.1) is 0 Å². The van der Waals surface area contributed by atoms with Gasteiger partial charge in [0.1, 0.15) is 0 Å². The number of ketones is 1. The molecule has 0 radical (unpaired) electrons. The molecule has 2 heterocycles. The van der Waals surface area contributed by atoms with Gasteiger partial charge in [0.15, 0.2) is 17.3 Å². The van der Waals surface area contributed by atoms with Crippen molar-refractivity contribution in [3.8, 4) is 5.69 Å². The Morgan fingerprint density at radius 3 is 2.44 bits per heavy atom. The summed E-state index contributed by atoms with van der Waals surface area (Å²) in [5.41, 5.74) is 1.49. The number of imidazole rings is 1. The molecule has 1 amide bonds. The minimum Gasteiger partial charge on any atom is -0.371 e. The van der Waals surface area contributed by atoms with Crippen LogP contribution in [-0.4, -0.2) is 61.0 Å². The number of halogens is 1. The summed E-state index contributed by atoms with van der Waals surface area (Å²) in [4.78, 5) is 32.7. The number of Topliss-reactive ketones (excluding diaryl/α,β-unsaturated/α-hetero) is 1. The molecule has 0 spiro atoms. The van der Waals surface area contributed by atoms with Crippen LogP contribution in [0.2, 0.25) is 5.02 Å². The zero-order valence-electron chi connectivity index (χ0n) is 17.8. The zero-order chi connectivity index (χ0) is 22.5. The normalized spacial score (nSPS) is 13.6. The molecule has 1 saturated heterocycles. The van der Waals surface area contributed by atoms with Crippen LogP contribution in [0.15, 0.2) is 54.6 Å². The van der Waals surface area contributed by atoms with Crippen molar-refractivity contribution in [3.63, 3.8) is 0 Å². The number of rotatable bonds is 7. The molecule has 0 bridgehead atoms. The Kier molecular flexibility index (Phi) is 6.72. The standard InChI is InChI=1S/C23H25ClN6O2/c1-25-21-20(22(32)27-15-19(31)16-7-3-2-4-8-16)30(18-10-6-5-9-17(18)24)23(28-21)29-13-11-26-12-14-29/h2-10,25-26H,11-15H2,1H3,(H,27,32). The average Bonchev–Trinajstić information content (AvgIpc) is 3.23. The predicted molar refractivity (Wildman–Crippen MR) is 126 cm³/mol. The van der Waals surface area contributed by atoms with Gasteiger partial charge in [-0.15, -0.1) is 0 Å². The molecule has 8 nitrogen and oxygen atoms in total. The summed E-state index contributed by atoms with van der Waals surface area (Å²) in [5.74, 6) is 0.468. The van der Waals surface area contributed by atoms with Crippen molar-refractivity contribution in [3.05, 3.63) is 70.9 Å². The molecular weight excluding hydrogens is 428 g/mol. The second-order valence-corrected chi connectivity index (χ2v) is 7.76. The van der Waals surface area contributed by atoms with E-state index in [-0.39, 0.29) is 12.3 Å². The smallest absolute Gasteiger partial charge is 0.272 e. The van der Waals surface area contributed by atoms with Crippen LogP contribution >= 0.6 is 11.6 Å². The summed E-state index contributed by atoms with van der Waals surface area (Å²) in [6, 6.07) is 16.2. The molecule has 1 aromatic heterocycles. The number of carbonyl (C=O) groups excluding carboxylic acids is 2. The molecule has 0 aliphatic carbocycles. The maximum absolute atomic E-state index is 13.3. The van der Waals surface area contributed by atoms with E-state index in [1.807, 2.05) is 24.3 Å². The Hall–Kier alpha value is -3.36. The lowest BCUT2D eigenvalue weighted by Gasteiger charge is -2.29. The number of anilines is 2. The third kappa shape index (κ3) is 4.46. The quantitative estimate of drug-likeness (QED) is 0.477. The SMILES string of the molecule is CNc1nc(N2CCNCC2)n(-c2ccccc2Cl)c1C(=O)NCC(=O)c1ccccc1. The number of para-hydroxylation sites is 1. The Morgan fingerprint density at radius 2 is 1.75 bits per heavy atom. The van der Waals surface area contributed by atoms with Crippen LogP contribution in [-0.2, 0) is 0 Å². The summed E-state index contributed by atoms with van der Waals surface area (Å²) in [6.07, 6.45) is 0. The maximum atomic E-state index is 13.3. The Bertz CT molecular complexity index is 1110. The summed E-state index contributed by atoms with van der Waals surface area (Å²) >= 11 is 6.52. The van der Waals surface area contributed by atoms with Gasteiger partial charge in [-0.3, -0.25) is 14.2 Å². The van der Waals surface area contributed by atoms with Gasteiger partial charge >= 0.3 is 0 Å². The number of hydrogen-bond donors (Lipinski definition) is 3. The number of piperazine rings is 1. The molecule has 4 rings (SSSR count). The van der Waals surface area contributed by atoms with Crippen molar-refractivity contribution >= 4 is 35.1 Å². The Labute approximate surface area is 191 Å². The van der Waals surface area contributed by atoms with Gasteiger partial charge in [0.25, 0.3) is 5.91 Å². The minimum atomic E-state index is -0.410. The van der Waals surface area contributed by atoms with Crippen LogP contribution in [0.4, 0.5) is 11.8 Å². The number of amides is 1. The molecule has 0 saturated carbocycles. The maximum Gasteiger partial charge on any atom is 0.272 e. The summed E-state index contributed by atoms with van der Waals surface area (Å²) in [5, 5.41) is 9.60. The molecule has 9 heteroatoms. The highest BCUT2D eigenvalue weighted by Gasteiger charge is 2.28. The molecule has 166 valence electrons. The summed E-state index contributed by atoms with van der Waals surface area (Å²) < 4.78 is 1.77. The molecule has 1 aliphatic rings. The van der Waals surface area contributed by atoms with E-state index in [0.717, 1.165) is 26.2 Å². The number of nitrogens with one attached hydrogen (secondary N) is 3. The van der Waals surface area contributed by atoms with Gasteiger partial charge in [0.05, 0.1) is 17.3 Å². The topological polar surface area (TPSA) is 91.3 Å². The number of hydrogen-bond acceptors (Lipinski definition) is 6. The van der Waals surface area contributed by atoms with Crippen molar-refractivity contribution in [2.24, 2.45) is 0 Å². The van der Waals surface area contributed by atoms with Gasteiger partial charge in [-0.25, -0.2) is 0 Å². The molecule has 0 unspecified atom stereocenters. The van der Waals surface area contributed by atoms with Crippen molar-refractivity contribution in [1.82, 2.24) is 20.2 Å². The van der Waals surface area contributed by atoms with Gasteiger partial charge in [-0.05, 0) is 12.1 Å². The van der Waals surface area contributed by atoms with Crippen molar-refractivity contribution in [2.45, 2.75) is 0 Å². The van der Waals surface area contributed by atoms with Crippen LogP contribution in [0.1, 0.15) is 20.8 Å². The van der Waals surface area contributed by atoms with Crippen LogP contribution in [0.3, 0.4) is 0 Å². The third-order valence-electron chi connectivity index (χ3n) is 5.31.